The zero-order valence-electron chi connectivity index (χ0n) is 15.9. The molecule has 0 saturated heterocycles. The van der Waals surface area contributed by atoms with Crippen LogP contribution < -0.4 is 5.32 Å². The number of carbonyl (C=O) groups is 2. The zero-order valence-corrected chi connectivity index (χ0v) is 15.9. The monoisotopic (exact) mass is 373 g/mol. The standard InChI is InChI=1S/C24H23NO3/c1-16-21(24(27)28-15-17-9-4-2-5-10-17)22(18-11-6-3-7-12-18)23-19(25-16)13-8-14-20(23)26/h2-7,9-12,22,25H,8,13-15H2,1H3/t22-/m0/s1. The Balaban J connectivity index is 1.69. The average Bonchev–Trinajstić information content (AvgIpc) is 2.72. The van der Waals surface area contributed by atoms with Crippen molar-refractivity contribution in [1.29, 1.82) is 0 Å². The molecule has 2 aliphatic rings. The number of hydrogen-bond acceptors (Lipinski definition) is 4. The van der Waals surface area contributed by atoms with Crippen molar-refractivity contribution in [3.05, 3.63) is 94.3 Å². The molecule has 0 saturated carbocycles. The summed E-state index contributed by atoms with van der Waals surface area (Å²) in [6.07, 6.45) is 2.19. The van der Waals surface area contributed by atoms with Gasteiger partial charge in [0.05, 0.1) is 5.57 Å². The second-order valence-electron chi connectivity index (χ2n) is 7.24. The van der Waals surface area contributed by atoms with Gasteiger partial charge in [-0.3, -0.25) is 4.79 Å². The second-order valence-corrected chi connectivity index (χ2v) is 7.24. The Morgan fingerprint density at radius 3 is 2.43 bits per heavy atom. The molecule has 4 heteroatoms. The molecule has 0 spiro atoms. The molecule has 1 aliphatic carbocycles. The smallest absolute Gasteiger partial charge is 0.337 e. The molecule has 1 aliphatic heterocycles. The molecule has 0 unspecified atom stereocenters. The molecule has 2 aromatic rings. The molecule has 0 bridgehead atoms. The van der Waals surface area contributed by atoms with Crippen molar-refractivity contribution in [2.45, 2.75) is 38.7 Å². The van der Waals surface area contributed by atoms with Crippen molar-refractivity contribution in [2.24, 2.45) is 0 Å². The number of nitrogens with one attached hydrogen (secondary N) is 1. The summed E-state index contributed by atoms with van der Waals surface area (Å²) in [7, 11) is 0. The number of hydrogen-bond donors (Lipinski definition) is 1. The molecule has 0 radical (unpaired) electrons. The van der Waals surface area contributed by atoms with Gasteiger partial charge in [0.1, 0.15) is 6.61 Å². The maximum absolute atomic E-state index is 13.1. The number of ketones is 1. The van der Waals surface area contributed by atoms with Gasteiger partial charge < -0.3 is 10.1 Å². The molecule has 142 valence electrons. The third-order valence-electron chi connectivity index (χ3n) is 5.34. The average molecular weight is 373 g/mol. The summed E-state index contributed by atoms with van der Waals surface area (Å²) in [4.78, 5) is 25.9. The molecule has 4 nitrogen and oxygen atoms in total. The van der Waals surface area contributed by atoms with Gasteiger partial charge in [0.15, 0.2) is 5.78 Å². The number of Topliss-reactive ketones (excluding diaryl/α,β-unsaturated/α-hetero) is 1. The molecular weight excluding hydrogens is 350 g/mol. The van der Waals surface area contributed by atoms with Crippen molar-refractivity contribution >= 4 is 11.8 Å². The molecule has 1 atom stereocenters. The van der Waals surface area contributed by atoms with Gasteiger partial charge in [-0.2, -0.15) is 0 Å². The molecule has 4 rings (SSSR count). The highest BCUT2D eigenvalue weighted by Gasteiger charge is 2.38. The molecule has 0 fully saturated rings. The van der Waals surface area contributed by atoms with Crippen LogP contribution in [0.2, 0.25) is 0 Å². The van der Waals surface area contributed by atoms with E-state index in [0.29, 0.717) is 12.0 Å². The summed E-state index contributed by atoms with van der Waals surface area (Å²) >= 11 is 0. The lowest BCUT2D eigenvalue weighted by Crippen LogP contribution is -2.34. The summed E-state index contributed by atoms with van der Waals surface area (Å²) in [5.74, 6) is -0.649. The topological polar surface area (TPSA) is 55.4 Å². The van der Waals surface area contributed by atoms with E-state index in [1.807, 2.05) is 67.6 Å². The first-order chi connectivity index (χ1) is 13.6. The Bertz CT molecular complexity index is 958. The van der Waals surface area contributed by atoms with E-state index in [0.717, 1.165) is 40.9 Å². The maximum Gasteiger partial charge on any atom is 0.337 e. The highest BCUT2D eigenvalue weighted by molar-refractivity contribution is 6.03. The fourth-order valence-corrected chi connectivity index (χ4v) is 4.03. The number of esters is 1. The fourth-order valence-electron chi connectivity index (χ4n) is 4.03. The van der Waals surface area contributed by atoms with Crippen LogP contribution in [0.15, 0.2) is 83.2 Å². The Morgan fingerprint density at radius 2 is 1.71 bits per heavy atom. The minimum Gasteiger partial charge on any atom is -0.457 e. The van der Waals surface area contributed by atoms with Crippen molar-refractivity contribution in [1.82, 2.24) is 5.32 Å². The van der Waals surface area contributed by atoms with E-state index >= 15 is 0 Å². The van der Waals surface area contributed by atoms with Gasteiger partial charge in [-0.1, -0.05) is 60.7 Å². The van der Waals surface area contributed by atoms with E-state index in [-0.39, 0.29) is 24.3 Å². The maximum atomic E-state index is 13.1. The Hall–Kier alpha value is -3.14. The predicted octanol–water partition coefficient (Wildman–Crippen LogP) is 4.40. The Morgan fingerprint density at radius 1 is 1.04 bits per heavy atom. The molecular formula is C24H23NO3. The Labute approximate surface area is 164 Å². The molecule has 1 N–H and O–H groups in total. The lowest BCUT2D eigenvalue weighted by molar-refractivity contribution is -0.140. The summed E-state index contributed by atoms with van der Waals surface area (Å²) < 4.78 is 5.63. The van der Waals surface area contributed by atoms with Gasteiger partial charge in [-0.25, -0.2) is 4.79 Å². The first-order valence-electron chi connectivity index (χ1n) is 9.65. The summed E-state index contributed by atoms with van der Waals surface area (Å²) in [6.45, 7) is 2.09. The SMILES string of the molecule is CC1=C(C(=O)OCc2ccccc2)[C@H](c2ccccc2)C2=C(CCCC2=O)N1. The summed E-state index contributed by atoms with van der Waals surface area (Å²) in [5.41, 5.74) is 4.83. The lowest BCUT2D eigenvalue weighted by Gasteiger charge is -2.34. The van der Waals surface area contributed by atoms with Crippen molar-refractivity contribution in [2.75, 3.05) is 0 Å². The van der Waals surface area contributed by atoms with E-state index < -0.39 is 0 Å². The third-order valence-corrected chi connectivity index (χ3v) is 5.34. The predicted molar refractivity (Wildman–Crippen MR) is 107 cm³/mol. The zero-order chi connectivity index (χ0) is 19.5. The van der Waals surface area contributed by atoms with Gasteiger partial charge in [0.2, 0.25) is 0 Å². The van der Waals surface area contributed by atoms with E-state index in [4.69, 9.17) is 4.74 Å². The van der Waals surface area contributed by atoms with Crippen molar-refractivity contribution in [3.63, 3.8) is 0 Å². The third kappa shape index (κ3) is 3.50. The van der Waals surface area contributed by atoms with Crippen LogP contribution >= 0.6 is 0 Å². The van der Waals surface area contributed by atoms with E-state index in [1.54, 1.807) is 0 Å². The first kappa shape index (κ1) is 18.2. The van der Waals surface area contributed by atoms with E-state index in [2.05, 4.69) is 5.32 Å². The van der Waals surface area contributed by atoms with E-state index in [1.165, 1.54) is 0 Å². The molecule has 2 aromatic carbocycles. The molecule has 1 heterocycles. The number of carbonyl (C=O) groups excluding carboxylic acids is 2. The van der Waals surface area contributed by atoms with Gasteiger partial charge in [0.25, 0.3) is 0 Å². The van der Waals surface area contributed by atoms with Gasteiger partial charge in [-0.15, -0.1) is 0 Å². The van der Waals surface area contributed by atoms with Gasteiger partial charge in [0, 0.05) is 29.3 Å². The van der Waals surface area contributed by atoms with Gasteiger partial charge >= 0.3 is 5.97 Å². The largest absolute Gasteiger partial charge is 0.457 e. The number of rotatable bonds is 4. The minimum atomic E-state index is -0.382. The summed E-state index contributed by atoms with van der Waals surface area (Å²) in [5, 5.41) is 3.32. The van der Waals surface area contributed by atoms with Crippen LogP contribution in [0.1, 0.15) is 43.2 Å². The van der Waals surface area contributed by atoms with Crippen LogP contribution in [-0.2, 0) is 20.9 Å². The van der Waals surface area contributed by atoms with Gasteiger partial charge in [-0.05, 0) is 30.9 Å². The van der Waals surface area contributed by atoms with Crippen LogP contribution in [0.3, 0.4) is 0 Å². The number of ether oxygens (including phenoxy) is 1. The normalized spacial score (nSPS) is 19.2. The summed E-state index contributed by atoms with van der Waals surface area (Å²) in [6, 6.07) is 19.4. The molecule has 0 amide bonds. The number of allylic oxidation sites excluding steroid dienone is 3. The lowest BCUT2D eigenvalue weighted by atomic mass is 9.75. The Kier molecular flexibility index (Phi) is 5.11. The quantitative estimate of drug-likeness (QED) is 0.807. The minimum absolute atomic E-state index is 0.114. The molecule has 28 heavy (non-hydrogen) atoms. The van der Waals surface area contributed by atoms with E-state index in [9.17, 15) is 9.59 Å². The number of benzene rings is 2. The van der Waals surface area contributed by atoms with Crippen LogP contribution in [0.4, 0.5) is 0 Å². The van der Waals surface area contributed by atoms with Crippen LogP contribution in [0, 0.1) is 0 Å². The second kappa shape index (κ2) is 7.85. The molecule has 0 aromatic heterocycles. The number of dihydropyridines is 1. The van der Waals surface area contributed by atoms with Crippen LogP contribution in [-0.4, -0.2) is 11.8 Å². The van der Waals surface area contributed by atoms with Crippen LogP contribution in [0.5, 0.6) is 0 Å². The first-order valence-corrected chi connectivity index (χ1v) is 9.65. The fraction of sp³-hybridized carbons (Fsp3) is 0.250. The van der Waals surface area contributed by atoms with Crippen molar-refractivity contribution < 1.29 is 14.3 Å². The van der Waals surface area contributed by atoms with Crippen LogP contribution in [0.25, 0.3) is 0 Å². The highest BCUT2D eigenvalue weighted by Crippen LogP contribution is 2.42. The highest BCUT2D eigenvalue weighted by atomic mass is 16.5. The van der Waals surface area contributed by atoms with Crippen molar-refractivity contribution in [3.8, 4) is 0 Å².